The highest BCUT2D eigenvalue weighted by atomic mass is 16.5. The van der Waals surface area contributed by atoms with Crippen LogP contribution >= 0.6 is 0 Å². The molecule has 0 heterocycles. The molecule has 1 aromatic carbocycles. The average Bonchev–Trinajstić information content (AvgIpc) is 2.39. The number of carboxylic acids is 1. The van der Waals surface area contributed by atoms with E-state index in [1.54, 1.807) is 7.11 Å². The van der Waals surface area contributed by atoms with Crippen LogP contribution in [0.2, 0.25) is 0 Å². The minimum absolute atomic E-state index is 0.340. The lowest BCUT2D eigenvalue weighted by molar-refractivity contribution is -0.141. The lowest BCUT2D eigenvalue weighted by atomic mass is 9.95. The fourth-order valence-corrected chi connectivity index (χ4v) is 2.06. The summed E-state index contributed by atoms with van der Waals surface area (Å²) in [4.78, 5) is 11.2. The SMILES string of the molecule is CCCC(Cc1ccc(OC)c(OCC)c1)C(=O)O. The average molecular weight is 266 g/mol. The largest absolute Gasteiger partial charge is 0.493 e. The number of hydrogen-bond donors (Lipinski definition) is 1. The zero-order valence-electron chi connectivity index (χ0n) is 11.8. The summed E-state index contributed by atoms with van der Waals surface area (Å²) in [5.74, 6) is 0.264. The van der Waals surface area contributed by atoms with Crippen molar-refractivity contribution in [3.05, 3.63) is 23.8 Å². The summed E-state index contributed by atoms with van der Waals surface area (Å²) < 4.78 is 10.7. The third-order valence-electron chi connectivity index (χ3n) is 3.00. The van der Waals surface area contributed by atoms with Gasteiger partial charge in [-0.3, -0.25) is 4.79 Å². The van der Waals surface area contributed by atoms with Crippen LogP contribution in [0.4, 0.5) is 0 Å². The highest BCUT2D eigenvalue weighted by Gasteiger charge is 2.17. The molecular weight excluding hydrogens is 244 g/mol. The second-order valence-electron chi connectivity index (χ2n) is 4.45. The van der Waals surface area contributed by atoms with Crippen molar-refractivity contribution in [2.45, 2.75) is 33.1 Å². The molecule has 0 radical (unpaired) electrons. The number of hydrogen-bond acceptors (Lipinski definition) is 3. The number of ether oxygens (including phenoxy) is 2. The molecular formula is C15H22O4. The van der Waals surface area contributed by atoms with Crippen LogP contribution in [-0.2, 0) is 11.2 Å². The number of aliphatic carboxylic acids is 1. The molecule has 0 aromatic heterocycles. The fourth-order valence-electron chi connectivity index (χ4n) is 2.06. The van der Waals surface area contributed by atoms with E-state index < -0.39 is 5.97 Å². The minimum Gasteiger partial charge on any atom is -0.493 e. The molecule has 1 N–H and O–H groups in total. The molecule has 0 aliphatic heterocycles. The Bertz CT molecular complexity index is 415. The lowest BCUT2D eigenvalue weighted by Crippen LogP contribution is -2.16. The molecule has 0 saturated carbocycles. The predicted octanol–water partition coefficient (Wildman–Crippen LogP) is 3.14. The van der Waals surface area contributed by atoms with Crippen molar-refractivity contribution in [1.29, 1.82) is 0 Å². The van der Waals surface area contributed by atoms with Crippen molar-refractivity contribution < 1.29 is 19.4 Å². The fraction of sp³-hybridized carbons (Fsp3) is 0.533. The molecule has 19 heavy (non-hydrogen) atoms. The number of carboxylic acid groups (broad SMARTS) is 1. The van der Waals surface area contributed by atoms with E-state index in [2.05, 4.69) is 0 Å². The molecule has 4 heteroatoms. The maximum atomic E-state index is 11.2. The van der Waals surface area contributed by atoms with Gasteiger partial charge in [0.05, 0.1) is 19.6 Å². The highest BCUT2D eigenvalue weighted by Crippen LogP contribution is 2.29. The highest BCUT2D eigenvalue weighted by molar-refractivity contribution is 5.70. The molecule has 4 nitrogen and oxygen atoms in total. The van der Waals surface area contributed by atoms with E-state index in [4.69, 9.17) is 9.47 Å². The Labute approximate surface area is 114 Å². The number of carbonyl (C=O) groups is 1. The summed E-state index contributed by atoms with van der Waals surface area (Å²) in [5, 5.41) is 9.18. The van der Waals surface area contributed by atoms with E-state index in [9.17, 15) is 9.90 Å². The van der Waals surface area contributed by atoms with Gasteiger partial charge in [-0.25, -0.2) is 0 Å². The molecule has 0 saturated heterocycles. The van der Waals surface area contributed by atoms with Crippen molar-refractivity contribution >= 4 is 5.97 Å². The first kappa shape index (κ1) is 15.3. The van der Waals surface area contributed by atoms with Crippen LogP contribution in [0.5, 0.6) is 11.5 Å². The van der Waals surface area contributed by atoms with Crippen molar-refractivity contribution in [3.63, 3.8) is 0 Å². The van der Waals surface area contributed by atoms with Crippen LogP contribution in [0.15, 0.2) is 18.2 Å². The van der Waals surface area contributed by atoms with Gasteiger partial charge in [-0.2, -0.15) is 0 Å². The van der Waals surface area contributed by atoms with Crippen LogP contribution in [0.25, 0.3) is 0 Å². The molecule has 0 spiro atoms. The normalized spacial score (nSPS) is 11.9. The van der Waals surface area contributed by atoms with Gasteiger partial charge in [0.1, 0.15) is 0 Å². The number of methoxy groups -OCH3 is 1. The minimum atomic E-state index is -0.740. The van der Waals surface area contributed by atoms with E-state index >= 15 is 0 Å². The van der Waals surface area contributed by atoms with E-state index in [1.807, 2.05) is 32.0 Å². The third-order valence-corrected chi connectivity index (χ3v) is 3.00. The van der Waals surface area contributed by atoms with Gasteiger partial charge in [-0.05, 0) is 37.5 Å². The van der Waals surface area contributed by atoms with Crippen LogP contribution in [0, 0.1) is 5.92 Å². The molecule has 1 aromatic rings. The lowest BCUT2D eigenvalue weighted by Gasteiger charge is -2.14. The van der Waals surface area contributed by atoms with Crippen LogP contribution in [0.1, 0.15) is 32.3 Å². The summed E-state index contributed by atoms with van der Waals surface area (Å²) in [5.41, 5.74) is 0.963. The van der Waals surface area contributed by atoms with Gasteiger partial charge in [0.2, 0.25) is 0 Å². The summed E-state index contributed by atoms with van der Waals surface area (Å²) >= 11 is 0. The first-order valence-electron chi connectivity index (χ1n) is 6.64. The summed E-state index contributed by atoms with van der Waals surface area (Å²) in [6, 6.07) is 5.59. The second-order valence-corrected chi connectivity index (χ2v) is 4.45. The molecule has 0 amide bonds. The molecule has 0 aliphatic rings. The Kier molecular flexibility index (Phi) is 6.19. The second kappa shape index (κ2) is 7.67. The maximum absolute atomic E-state index is 11.2. The molecule has 1 rings (SSSR count). The van der Waals surface area contributed by atoms with Gasteiger partial charge >= 0.3 is 5.97 Å². The van der Waals surface area contributed by atoms with Crippen molar-refractivity contribution in [1.82, 2.24) is 0 Å². The van der Waals surface area contributed by atoms with Gasteiger partial charge in [0.15, 0.2) is 11.5 Å². The van der Waals surface area contributed by atoms with Gasteiger partial charge in [0, 0.05) is 0 Å². The summed E-state index contributed by atoms with van der Waals surface area (Å²) in [6.07, 6.45) is 2.07. The van der Waals surface area contributed by atoms with Crippen molar-refractivity contribution in [3.8, 4) is 11.5 Å². The van der Waals surface area contributed by atoms with Crippen molar-refractivity contribution in [2.24, 2.45) is 5.92 Å². The van der Waals surface area contributed by atoms with E-state index in [0.29, 0.717) is 30.9 Å². The quantitative estimate of drug-likeness (QED) is 0.785. The Morgan fingerprint density at radius 2 is 2.05 bits per heavy atom. The van der Waals surface area contributed by atoms with Crippen LogP contribution in [0.3, 0.4) is 0 Å². The molecule has 0 fully saturated rings. The smallest absolute Gasteiger partial charge is 0.306 e. The first-order chi connectivity index (χ1) is 9.12. The first-order valence-corrected chi connectivity index (χ1v) is 6.64. The van der Waals surface area contributed by atoms with Crippen LogP contribution < -0.4 is 9.47 Å². The van der Waals surface area contributed by atoms with Gasteiger partial charge < -0.3 is 14.6 Å². The zero-order chi connectivity index (χ0) is 14.3. The molecule has 106 valence electrons. The van der Waals surface area contributed by atoms with E-state index in [1.165, 1.54) is 0 Å². The molecule has 0 bridgehead atoms. The van der Waals surface area contributed by atoms with E-state index in [-0.39, 0.29) is 5.92 Å². The topological polar surface area (TPSA) is 55.8 Å². The van der Waals surface area contributed by atoms with Gasteiger partial charge in [0.25, 0.3) is 0 Å². The Morgan fingerprint density at radius 3 is 2.58 bits per heavy atom. The molecule has 1 atom stereocenters. The monoisotopic (exact) mass is 266 g/mol. The summed E-state index contributed by atoms with van der Waals surface area (Å²) in [7, 11) is 1.59. The Morgan fingerprint density at radius 1 is 1.32 bits per heavy atom. The molecule has 0 aliphatic carbocycles. The summed E-state index contributed by atoms with van der Waals surface area (Å²) in [6.45, 7) is 4.45. The third kappa shape index (κ3) is 4.47. The van der Waals surface area contributed by atoms with Gasteiger partial charge in [-0.15, -0.1) is 0 Å². The number of rotatable bonds is 8. The van der Waals surface area contributed by atoms with E-state index in [0.717, 1.165) is 12.0 Å². The molecule has 1 unspecified atom stereocenters. The van der Waals surface area contributed by atoms with Crippen molar-refractivity contribution in [2.75, 3.05) is 13.7 Å². The zero-order valence-corrected chi connectivity index (χ0v) is 11.8. The standard InChI is InChI=1S/C15H22O4/c1-4-6-12(15(16)17)9-11-7-8-13(18-3)14(10-11)19-5-2/h7-8,10,12H,4-6,9H2,1-3H3,(H,16,17). The Balaban J connectivity index is 2.88. The van der Waals surface area contributed by atoms with Gasteiger partial charge in [-0.1, -0.05) is 19.4 Å². The number of benzene rings is 1. The maximum Gasteiger partial charge on any atom is 0.306 e. The predicted molar refractivity (Wildman–Crippen MR) is 73.9 cm³/mol. The Hall–Kier alpha value is -1.71. The van der Waals surface area contributed by atoms with Crippen LogP contribution in [-0.4, -0.2) is 24.8 Å².